The van der Waals surface area contributed by atoms with E-state index in [1.54, 1.807) is 19.1 Å². The second-order valence-electron chi connectivity index (χ2n) is 9.74. The smallest absolute Gasteiger partial charge is 0.337 e. The molecule has 0 saturated heterocycles. The molecule has 0 radical (unpaired) electrons. The van der Waals surface area contributed by atoms with Gasteiger partial charge in [-0.1, -0.05) is 60.7 Å². The van der Waals surface area contributed by atoms with Crippen LogP contribution in [0.1, 0.15) is 35.7 Å². The minimum Gasteiger partial charge on any atom is -0.494 e. The van der Waals surface area contributed by atoms with Crippen molar-refractivity contribution in [2.75, 3.05) is 20.3 Å². The molecule has 8 nitrogen and oxygen atoms in total. The molecule has 0 amide bonds. The van der Waals surface area contributed by atoms with E-state index in [-0.39, 0.29) is 18.5 Å². The highest BCUT2D eigenvalue weighted by atomic mass is 16.5. The zero-order valence-electron chi connectivity index (χ0n) is 24.1. The highest BCUT2D eigenvalue weighted by Gasteiger charge is 2.12. The monoisotopic (exact) mass is 576 g/mol. The molecule has 0 aliphatic rings. The Labute approximate surface area is 250 Å². The third kappa shape index (κ3) is 7.74. The number of carbonyl (C=O) groups excluding carboxylic acids is 2. The fourth-order valence-corrected chi connectivity index (χ4v) is 4.49. The number of ether oxygens (including phenoxy) is 4. The molecule has 5 rings (SSSR count). The maximum absolute atomic E-state index is 11.7. The molecule has 0 atom stereocenters. The number of aromatic nitrogens is 2. The lowest BCUT2D eigenvalue weighted by atomic mass is 10.1. The molecule has 0 unspecified atom stereocenters. The Kier molecular flexibility index (Phi) is 9.59. The molecule has 0 aliphatic heterocycles. The number of hydrogen-bond donors (Lipinski definition) is 0. The van der Waals surface area contributed by atoms with Crippen molar-refractivity contribution in [3.05, 3.63) is 108 Å². The van der Waals surface area contributed by atoms with Crippen LogP contribution in [0.4, 0.5) is 0 Å². The number of rotatable bonds is 12. The highest BCUT2D eigenvalue weighted by molar-refractivity contribution is 5.89. The van der Waals surface area contributed by atoms with Crippen molar-refractivity contribution in [2.24, 2.45) is 0 Å². The van der Waals surface area contributed by atoms with E-state index in [4.69, 9.17) is 28.9 Å². The van der Waals surface area contributed by atoms with Gasteiger partial charge in [0.05, 0.1) is 31.6 Å². The number of hydrogen-bond acceptors (Lipinski definition) is 8. The van der Waals surface area contributed by atoms with Gasteiger partial charge in [-0.15, -0.1) is 0 Å². The van der Waals surface area contributed by atoms with Gasteiger partial charge in [-0.3, -0.25) is 4.79 Å². The quantitative estimate of drug-likeness (QED) is 0.115. The first-order valence-electron chi connectivity index (χ1n) is 14.1. The molecule has 43 heavy (non-hydrogen) atoms. The minimum atomic E-state index is -0.384. The van der Waals surface area contributed by atoms with Gasteiger partial charge in [-0.05, 0) is 60.0 Å². The van der Waals surface area contributed by atoms with Gasteiger partial charge < -0.3 is 18.9 Å². The van der Waals surface area contributed by atoms with Crippen LogP contribution in [0.2, 0.25) is 0 Å². The summed E-state index contributed by atoms with van der Waals surface area (Å²) in [7, 11) is 1.36. The molecular weight excluding hydrogens is 544 g/mol. The molecule has 0 fully saturated rings. The van der Waals surface area contributed by atoms with E-state index in [1.165, 1.54) is 7.11 Å². The number of esters is 2. The first kappa shape index (κ1) is 29.3. The normalized spacial score (nSPS) is 10.7. The summed E-state index contributed by atoms with van der Waals surface area (Å²) in [6.45, 7) is 2.88. The van der Waals surface area contributed by atoms with E-state index in [1.807, 2.05) is 84.9 Å². The Morgan fingerprint density at radius 3 is 2.30 bits per heavy atom. The standard InChI is InChI=1S/C35H32N2O6/c1-3-41-33(38)10-7-19-42-30-18-17-27-20-29(16-15-28(27)21-30)34-36-31(25-8-5-4-6-9-25)22-32(37-34)43-23-24-11-13-26(14-12-24)35(39)40-2/h4-6,8-9,11-18,20-22H,3,7,10,19,23H2,1-2H3. The first-order valence-corrected chi connectivity index (χ1v) is 14.1. The van der Waals surface area contributed by atoms with Crippen LogP contribution in [-0.4, -0.2) is 42.2 Å². The number of carbonyl (C=O) groups is 2. The Morgan fingerprint density at radius 2 is 1.53 bits per heavy atom. The molecule has 0 bridgehead atoms. The number of benzene rings is 4. The number of fused-ring (bicyclic) bond motifs is 1. The summed E-state index contributed by atoms with van der Waals surface area (Å²) >= 11 is 0. The van der Waals surface area contributed by atoms with Gasteiger partial charge in [-0.2, -0.15) is 4.98 Å². The van der Waals surface area contributed by atoms with Crippen LogP contribution in [0.5, 0.6) is 11.6 Å². The van der Waals surface area contributed by atoms with Crippen LogP contribution in [-0.2, 0) is 20.9 Å². The van der Waals surface area contributed by atoms with E-state index in [9.17, 15) is 9.59 Å². The lowest BCUT2D eigenvalue weighted by Crippen LogP contribution is -2.06. The van der Waals surface area contributed by atoms with Crippen molar-refractivity contribution >= 4 is 22.7 Å². The van der Waals surface area contributed by atoms with Crippen LogP contribution in [0.25, 0.3) is 33.4 Å². The van der Waals surface area contributed by atoms with Crippen LogP contribution >= 0.6 is 0 Å². The van der Waals surface area contributed by atoms with Crippen molar-refractivity contribution in [2.45, 2.75) is 26.4 Å². The summed E-state index contributed by atoms with van der Waals surface area (Å²) in [5, 5.41) is 2.02. The number of methoxy groups -OCH3 is 1. The molecule has 8 heteroatoms. The molecule has 1 heterocycles. The van der Waals surface area contributed by atoms with Crippen molar-refractivity contribution in [1.82, 2.24) is 9.97 Å². The van der Waals surface area contributed by atoms with E-state index < -0.39 is 0 Å². The van der Waals surface area contributed by atoms with Crippen LogP contribution in [0.15, 0.2) is 97.1 Å². The molecule has 0 saturated carbocycles. The number of nitrogens with zero attached hydrogens (tertiary/aromatic N) is 2. The summed E-state index contributed by atoms with van der Waals surface area (Å²) in [5.41, 5.74) is 3.91. The van der Waals surface area contributed by atoms with Gasteiger partial charge in [-0.25, -0.2) is 9.78 Å². The van der Waals surface area contributed by atoms with E-state index in [0.717, 1.165) is 38.9 Å². The van der Waals surface area contributed by atoms with Crippen LogP contribution in [0, 0.1) is 0 Å². The molecule has 1 aromatic heterocycles. The maximum atomic E-state index is 11.7. The SMILES string of the molecule is CCOC(=O)CCCOc1ccc2cc(-c3nc(OCc4ccc(C(=O)OC)cc4)cc(-c4ccccc4)n3)ccc2c1. The Bertz CT molecular complexity index is 1700. The van der Waals surface area contributed by atoms with Gasteiger partial charge in [0.2, 0.25) is 5.88 Å². The summed E-state index contributed by atoms with van der Waals surface area (Å²) in [5.74, 6) is 1.12. The topological polar surface area (TPSA) is 96.8 Å². The Hall–Kier alpha value is -5.24. The van der Waals surface area contributed by atoms with Gasteiger partial charge in [0.25, 0.3) is 0 Å². The Balaban J connectivity index is 1.35. The van der Waals surface area contributed by atoms with Crippen LogP contribution < -0.4 is 9.47 Å². The zero-order valence-corrected chi connectivity index (χ0v) is 24.1. The largest absolute Gasteiger partial charge is 0.494 e. The molecule has 0 spiro atoms. The van der Waals surface area contributed by atoms with E-state index in [2.05, 4.69) is 0 Å². The second-order valence-corrected chi connectivity index (χ2v) is 9.74. The van der Waals surface area contributed by atoms with Gasteiger partial charge in [0, 0.05) is 23.6 Å². The predicted molar refractivity (Wildman–Crippen MR) is 164 cm³/mol. The fourth-order valence-electron chi connectivity index (χ4n) is 4.49. The van der Waals surface area contributed by atoms with E-state index >= 15 is 0 Å². The summed E-state index contributed by atoms with van der Waals surface area (Å²) in [6, 6.07) is 30.7. The molecule has 4 aromatic carbocycles. The lowest BCUT2D eigenvalue weighted by Gasteiger charge is -2.11. The summed E-state index contributed by atoms with van der Waals surface area (Å²) < 4.78 is 21.7. The lowest BCUT2D eigenvalue weighted by molar-refractivity contribution is -0.143. The van der Waals surface area contributed by atoms with Crippen LogP contribution in [0.3, 0.4) is 0 Å². The third-order valence-electron chi connectivity index (χ3n) is 6.70. The van der Waals surface area contributed by atoms with Gasteiger partial charge in [0.1, 0.15) is 12.4 Å². The molecular formula is C35H32N2O6. The molecule has 218 valence electrons. The molecule has 0 N–H and O–H groups in total. The second kappa shape index (κ2) is 14.1. The van der Waals surface area contributed by atoms with Crippen molar-refractivity contribution < 1.29 is 28.5 Å². The minimum absolute atomic E-state index is 0.210. The maximum Gasteiger partial charge on any atom is 0.337 e. The summed E-state index contributed by atoms with van der Waals surface area (Å²) in [4.78, 5) is 32.9. The van der Waals surface area contributed by atoms with Gasteiger partial charge in [0.15, 0.2) is 5.82 Å². The van der Waals surface area contributed by atoms with Crippen molar-refractivity contribution in [3.63, 3.8) is 0 Å². The molecule has 0 aliphatic carbocycles. The van der Waals surface area contributed by atoms with Gasteiger partial charge >= 0.3 is 11.9 Å². The predicted octanol–water partition coefficient (Wildman–Crippen LogP) is 7.05. The first-order chi connectivity index (χ1) is 21.0. The van der Waals surface area contributed by atoms with Crippen molar-refractivity contribution in [3.8, 4) is 34.3 Å². The highest BCUT2D eigenvalue weighted by Crippen LogP contribution is 2.29. The average molecular weight is 577 g/mol. The fraction of sp³-hybridized carbons (Fsp3) is 0.200. The zero-order chi connectivity index (χ0) is 30.0. The average Bonchev–Trinajstić information content (AvgIpc) is 3.05. The van der Waals surface area contributed by atoms with Crippen molar-refractivity contribution in [1.29, 1.82) is 0 Å². The Morgan fingerprint density at radius 1 is 0.767 bits per heavy atom. The molecule has 5 aromatic rings. The van der Waals surface area contributed by atoms with E-state index in [0.29, 0.717) is 43.3 Å². The third-order valence-corrected chi connectivity index (χ3v) is 6.70. The summed E-state index contributed by atoms with van der Waals surface area (Å²) in [6.07, 6.45) is 0.925.